The highest BCUT2D eigenvalue weighted by molar-refractivity contribution is 5.45. The van der Waals surface area contributed by atoms with Crippen LogP contribution in [0.1, 0.15) is 11.6 Å². The molecular formula is C8H12N2O2. The van der Waals surface area contributed by atoms with Gasteiger partial charge in [-0.2, -0.15) is 0 Å². The molecule has 0 saturated heterocycles. The summed E-state index contributed by atoms with van der Waals surface area (Å²) in [5.74, 6) is -0.0408. The van der Waals surface area contributed by atoms with Crippen molar-refractivity contribution in [3.63, 3.8) is 0 Å². The van der Waals surface area contributed by atoms with Gasteiger partial charge in [0.05, 0.1) is 5.56 Å². The van der Waals surface area contributed by atoms with Crippen LogP contribution < -0.4 is 11.5 Å². The Morgan fingerprint density at radius 2 is 1.75 bits per heavy atom. The van der Waals surface area contributed by atoms with E-state index < -0.39 is 6.04 Å². The average molecular weight is 168 g/mol. The molecule has 6 N–H and O–H groups in total. The third-order valence-electron chi connectivity index (χ3n) is 1.68. The highest BCUT2D eigenvalue weighted by atomic mass is 16.3. The molecule has 0 aliphatic carbocycles. The molecule has 0 aromatic heterocycles. The van der Waals surface area contributed by atoms with Gasteiger partial charge in [-0.3, -0.25) is 0 Å². The molecule has 0 amide bonds. The number of rotatable bonds is 2. The van der Waals surface area contributed by atoms with Gasteiger partial charge >= 0.3 is 0 Å². The van der Waals surface area contributed by atoms with Gasteiger partial charge in [0, 0.05) is 12.6 Å². The molecule has 4 heteroatoms. The number of nitrogens with two attached hydrogens (primary N) is 2. The maximum Gasteiger partial charge on any atom is 0.124 e. The predicted octanol–water partition coefficient (Wildman–Crippen LogP) is 0.0563. The lowest BCUT2D eigenvalue weighted by Crippen LogP contribution is -2.20. The Bertz CT molecular complexity index is 256. The molecule has 1 aromatic carbocycles. The highest BCUT2D eigenvalue weighted by Gasteiger charge is 2.13. The fourth-order valence-electron chi connectivity index (χ4n) is 1.04. The van der Waals surface area contributed by atoms with Crippen molar-refractivity contribution in [1.29, 1.82) is 0 Å². The fourth-order valence-corrected chi connectivity index (χ4v) is 1.04. The molecule has 0 aliphatic heterocycles. The second-order valence-electron chi connectivity index (χ2n) is 2.55. The van der Waals surface area contributed by atoms with Crippen molar-refractivity contribution in [3.05, 3.63) is 23.8 Å². The summed E-state index contributed by atoms with van der Waals surface area (Å²) in [7, 11) is 0. The quantitative estimate of drug-likeness (QED) is 0.502. The Labute approximate surface area is 70.4 Å². The first kappa shape index (κ1) is 8.83. The zero-order chi connectivity index (χ0) is 9.14. The molecule has 0 saturated carbocycles. The van der Waals surface area contributed by atoms with Crippen LogP contribution in [0.5, 0.6) is 11.5 Å². The predicted molar refractivity (Wildman–Crippen MR) is 45.8 cm³/mol. The third-order valence-corrected chi connectivity index (χ3v) is 1.68. The van der Waals surface area contributed by atoms with E-state index in [2.05, 4.69) is 0 Å². The first-order valence-electron chi connectivity index (χ1n) is 3.63. The molecule has 1 rings (SSSR count). The van der Waals surface area contributed by atoms with E-state index in [4.69, 9.17) is 11.5 Å². The van der Waals surface area contributed by atoms with Crippen LogP contribution in [0.2, 0.25) is 0 Å². The normalized spacial score (nSPS) is 12.8. The van der Waals surface area contributed by atoms with Crippen molar-refractivity contribution in [2.45, 2.75) is 6.04 Å². The minimum atomic E-state index is -0.522. The summed E-state index contributed by atoms with van der Waals surface area (Å²) in [6.45, 7) is 0.186. The number of hydrogen-bond acceptors (Lipinski definition) is 4. The largest absolute Gasteiger partial charge is 0.507 e. The molecule has 4 nitrogen and oxygen atoms in total. The van der Waals surface area contributed by atoms with E-state index in [0.717, 1.165) is 0 Å². The van der Waals surface area contributed by atoms with Crippen molar-refractivity contribution < 1.29 is 10.2 Å². The Hall–Kier alpha value is -1.26. The summed E-state index contributed by atoms with van der Waals surface area (Å²) in [6, 6.07) is 3.94. The van der Waals surface area contributed by atoms with Crippen LogP contribution in [0.25, 0.3) is 0 Å². The van der Waals surface area contributed by atoms with Gasteiger partial charge in [0.1, 0.15) is 11.5 Å². The van der Waals surface area contributed by atoms with Crippen LogP contribution in [0.15, 0.2) is 18.2 Å². The first-order chi connectivity index (χ1) is 5.66. The lowest BCUT2D eigenvalue weighted by molar-refractivity contribution is 0.429. The monoisotopic (exact) mass is 168 g/mol. The van der Waals surface area contributed by atoms with Crippen LogP contribution >= 0.6 is 0 Å². The van der Waals surface area contributed by atoms with Crippen molar-refractivity contribution in [2.75, 3.05) is 6.54 Å². The topological polar surface area (TPSA) is 92.5 Å². The van der Waals surface area contributed by atoms with Gasteiger partial charge in [-0.05, 0) is 12.1 Å². The zero-order valence-corrected chi connectivity index (χ0v) is 6.57. The molecule has 0 spiro atoms. The Morgan fingerprint density at radius 1 is 1.25 bits per heavy atom. The van der Waals surface area contributed by atoms with Crippen LogP contribution in [0.3, 0.4) is 0 Å². The standard InChI is InChI=1S/C8H12N2O2/c9-4-5(10)8-6(11)2-1-3-7(8)12/h1-3,5,11-12H,4,9-10H2/t5-/m1/s1. The van der Waals surface area contributed by atoms with Gasteiger partial charge in [-0.1, -0.05) is 6.07 Å². The SMILES string of the molecule is NC[C@@H](N)c1c(O)cccc1O. The van der Waals surface area contributed by atoms with E-state index in [1.807, 2.05) is 0 Å². The van der Waals surface area contributed by atoms with E-state index in [1.165, 1.54) is 18.2 Å². The minimum absolute atomic E-state index is 0.0204. The van der Waals surface area contributed by atoms with Crippen molar-refractivity contribution in [1.82, 2.24) is 0 Å². The van der Waals surface area contributed by atoms with Crippen LogP contribution in [0.4, 0.5) is 0 Å². The van der Waals surface area contributed by atoms with Gasteiger partial charge in [-0.25, -0.2) is 0 Å². The van der Waals surface area contributed by atoms with E-state index in [0.29, 0.717) is 5.56 Å². The maximum absolute atomic E-state index is 9.30. The van der Waals surface area contributed by atoms with Gasteiger partial charge in [-0.15, -0.1) is 0 Å². The molecular weight excluding hydrogens is 156 g/mol. The van der Waals surface area contributed by atoms with E-state index >= 15 is 0 Å². The molecule has 0 unspecified atom stereocenters. The summed E-state index contributed by atoms with van der Waals surface area (Å²) < 4.78 is 0. The number of phenolic OH excluding ortho intramolecular Hbond substituents is 2. The number of benzene rings is 1. The van der Waals surface area contributed by atoms with Crippen molar-refractivity contribution >= 4 is 0 Å². The van der Waals surface area contributed by atoms with Gasteiger partial charge in [0.25, 0.3) is 0 Å². The molecule has 0 fully saturated rings. The molecule has 0 heterocycles. The maximum atomic E-state index is 9.30. The van der Waals surface area contributed by atoms with E-state index in [-0.39, 0.29) is 18.0 Å². The summed E-state index contributed by atoms with van der Waals surface area (Å²) in [4.78, 5) is 0. The zero-order valence-electron chi connectivity index (χ0n) is 6.57. The lowest BCUT2D eigenvalue weighted by atomic mass is 10.1. The summed E-state index contributed by atoms with van der Waals surface area (Å²) >= 11 is 0. The van der Waals surface area contributed by atoms with Crippen molar-refractivity contribution in [2.24, 2.45) is 11.5 Å². The Morgan fingerprint density at radius 3 is 2.17 bits per heavy atom. The summed E-state index contributed by atoms with van der Waals surface area (Å²) in [6.07, 6.45) is 0. The average Bonchev–Trinajstić information content (AvgIpc) is 2.03. The number of hydrogen-bond donors (Lipinski definition) is 4. The molecule has 0 radical (unpaired) electrons. The molecule has 66 valence electrons. The number of aromatic hydroxyl groups is 2. The van der Waals surface area contributed by atoms with Gasteiger partial charge in [0.15, 0.2) is 0 Å². The van der Waals surface area contributed by atoms with Crippen LogP contribution in [0, 0.1) is 0 Å². The summed E-state index contributed by atoms with van der Waals surface area (Å²) in [5.41, 5.74) is 11.2. The highest BCUT2D eigenvalue weighted by Crippen LogP contribution is 2.30. The molecule has 1 aromatic rings. The molecule has 1 atom stereocenters. The van der Waals surface area contributed by atoms with Gasteiger partial charge in [0.2, 0.25) is 0 Å². The second kappa shape index (κ2) is 3.42. The second-order valence-corrected chi connectivity index (χ2v) is 2.55. The minimum Gasteiger partial charge on any atom is -0.507 e. The third kappa shape index (κ3) is 1.49. The van der Waals surface area contributed by atoms with Crippen LogP contribution in [-0.2, 0) is 0 Å². The lowest BCUT2D eigenvalue weighted by Gasteiger charge is -2.12. The van der Waals surface area contributed by atoms with E-state index in [9.17, 15) is 10.2 Å². The van der Waals surface area contributed by atoms with E-state index in [1.54, 1.807) is 0 Å². The number of phenols is 2. The molecule has 0 aliphatic rings. The van der Waals surface area contributed by atoms with Crippen molar-refractivity contribution in [3.8, 4) is 11.5 Å². The first-order valence-corrected chi connectivity index (χ1v) is 3.63. The summed E-state index contributed by atoms with van der Waals surface area (Å²) in [5, 5.41) is 18.6. The smallest absolute Gasteiger partial charge is 0.124 e. The molecule has 0 bridgehead atoms. The molecule has 12 heavy (non-hydrogen) atoms. The fraction of sp³-hybridized carbons (Fsp3) is 0.250. The Balaban J connectivity index is 3.12. The van der Waals surface area contributed by atoms with Crippen LogP contribution in [-0.4, -0.2) is 16.8 Å². The Kier molecular flexibility index (Phi) is 2.52. The van der Waals surface area contributed by atoms with Gasteiger partial charge < -0.3 is 21.7 Å².